The number of benzene rings is 3. The second-order valence-electron chi connectivity index (χ2n) is 10.4. The summed E-state index contributed by atoms with van der Waals surface area (Å²) in [5.41, 5.74) is 1.10. The number of anilines is 2. The lowest BCUT2D eigenvalue weighted by atomic mass is 9.83. The van der Waals surface area contributed by atoms with Crippen LogP contribution in [0.1, 0.15) is 27.5 Å². The molecule has 0 radical (unpaired) electrons. The molecular weight excluding hydrogens is 615 g/mol. The van der Waals surface area contributed by atoms with E-state index in [0.29, 0.717) is 26.9 Å². The largest absolute Gasteiger partial charge is 0.497 e. The molecule has 6 rings (SSSR count). The molecule has 4 aromatic rings. The Morgan fingerprint density at radius 3 is 2.34 bits per heavy atom. The van der Waals surface area contributed by atoms with Crippen molar-refractivity contribution in [2.45, 2.75) is 35.8 Å². The molecule has 226 valence electrons. The highest BCUT2D eigenvalue weighted by atomic mass is 32.2. The van der Waals surface area contributed by atoms with Gasteiger partial charge in [0, 0.05) is 16.5 Å². The van der Waals surface area contributed by atoms with Crippen molar-refractivity contribution in [2.75, 3.05) is 17.3 Å². The monoisotopic (exact) mass is 639 g/mol. The van der Waals surface area contributed by atoms with E-state index in [9.17, 15) is 32.3 Å². The number of aromatic nitrogens is 1. The molecule has 0 saturated carbocycles. The fourth-order valence-corrected chi connectivity index (χ4v) is 8.26. The molecule has 8 nitrogen and oxygen atoms in total. The van der Waals surface area contributed by atoms with Gasteiger partial charge in [0.1, 0.15) is 17.5 Å². The first-order valence-corrected chi connectivity index (χ1v) is 15.1. The predicted octanol–water partition coefficient (Wildman–Crippen LogP) is 5.68. The molecule has 13 heteroatoms. The van der Waals surface area contributed by atoms with Crippen molar-refractivity contribution in [2.24, 2.45) is 5.92 Å². The van der Waals surface area contributed by atoms with Gasteiger partial charge in [0.2, 0.25) is 17.7 Å². The number of imide groups is 1. The third-order valence-corrected chi connectivity index (χ3v) is 10.2. The summed E-state index contributed by atoms with van der Waals surface area (Å²) in [6.07, 6.45) is -4.59. The van der Waals surface area contributed by atoms with Crippen LogP contribution in [0, 0.1) is 12.8 Å². The maximum atomic E-state index is 14.0. The van der Waals surface area contributed by atoms with Gasteiger partial charge in [0.15, 0.2) is 0 Å². The highest BCUT2D eigenvalue weighted by Crippen LogP contribution is 2.54. The van der Waals surface area contributed by atoms with Gasteiger partial charge in [0.25, 0.3) is 0 Å². The summed E-state index contributed by atoms with van der Waals surface area (Å²) in [5.74, 6) is -2.44. The van der Waals surface area contributed by atoms with Crippen LogP contribution in [0.25, 0.3) is 0 Å². The molecule has 0 bridgehead atoms. The van der Waals surface area contributed by atoms with Gasteiger partial charge in [-0.25, -0.2) is 4.90 Å². The number of amides is 3. The third kappa shape index (κ3) is 5.30. The number of thiazole rings is 1. The van der Waals surface area contributed by atoms with E-state index >= 15 is 0 Å². The maximum absolute atomic E-state index is 14.0. The van der Waals surface area contributed by atoms with Gasteiger partial charge in [0.05, 0.1) is 29.3 Å². The highest BCUT2D eigenvalue weighted by Gasteiger charge is 2.56. The summed E-state index contributed by atoms with van der Waals surface area (Å²) >= 11 is 1.94. The van der Waals surface area contributed by atoms with Crippen molar-refractivity contribution in [1.29, 1.82) is 0 Å². The molecule has 3 aromatic carbocycles. The van der Waals surface area contributed by atoms with E-state index < -0.39 is 58.0 Å². The first-order valence-electron chi connectivity index (χ1n) is 13.4. The summed E-state index contributed by atoms with van der Waals surface area (Å²) in [6, 6.07) is 18.2. The minimum absolute atomic E-state index is 0.0731. The molecule has 3 amide bonds. The number of nitrogens with zero attached hydrogens (tertiary/aromatic N) is 2. The van der Waals surface area contributed by atoms with Crippen molar-refractivity contribution < 1.29 is 32.3 Å². The second-order valence-corrected chi connectivity index (χ2v) is 12.5. The van der Waals surface area contributed by atoms with Gasteiger partial charge in [-0.05, 0) is 55.0 Å². The van der Waals surface area contributed by atoms with Gasteiger partial charge < -0.3 is 10.1 Å². The van der Waals surface area contributed by atoms with Crippen LogP contribution in [0.2, 0.25) is 0 Å². The van der Waals surface area contributed by atoms with Crippen LogP contribution >= 0.6 is 23.1 Å². The number of ether oxygens (including phenoxy) is 1. The number of halogens is 3. The fraction of sp³-hybridized carbons (Fsp3) is 0.226. The van der Waals surface area contributed by atoms with E-state index in [2.05, 4.69) is 5.32 Å². The molecule has 2 aliphatic rings. The molecular formula is C31H24F3N3O5S2. The van der Waals surface area contributed by atoms with E-state index in [1.54, 1.807) is 36.4 Å². The lowest BCUT2D eigenvalue weighted by molar-refractivity contribution is -0.137. The average molecular weight is 640 g/mol. The number of carbonyl (C=O) groups excluding carboxylic acids is 3. The molecule has 1 fully saturated rings. The van der Waals surface area contributed by atoms with Crippen LogP contribution in [0.15, 0.2) is 82.6 Å². The Labute approximate surface area is 257 Å². The van der Waals surface area contributed by atoms with E-state index in [1.807, 2.05) is 19.1 Å². The van der Waals surface area contributed by atoms with Crippen LogP contribution in [0.5, 0.6) is 5.75 Å². The van der Waals surface area contributed by atoms with E-state index in [0.717, 1.165) is 40.8 Å². The zero-order valence-corrected chi connectivity index (χ0v) is 24.9. The molecule has 1 aromatic heterocycles. The number of rotatable bonds is 6. The topological polar surface area (TPSA) is 97.7 Å². The SMILES string of the molecule is COc1ccc(C2c3sc(=O)n(CC(=O)Nc4cccc(C(F)(F)F)c4)c3SC3C(=O)N(c4ccc(C)cc4)C(=O)C32)cc1. The third-order valence-electron chi connectivity index (χ3n) is 7.59. The van der Waals surface area contributed by atoms with Crippen LogP contribution < -0.4 is 19.8 Å². The van der Waals surface area contributed by atoms with Crippen molar-refractivity contribution in [3.63, 3.8) is 0 Å². The first-order chi connectivity index (χ1) is 21.0. The lowest BCUT2D eigenvalue weighted by Crippen LogP contribution is -2.33. The smallest absolute Gasteiger partial charge is 0.416 e. The number of hydrogen-bond donors (Lipinski definition) is 1. The van der Waals surface area contributed by atoms with Crippen LogP contribution in [0.4, 0.5) is 24.5 Å². The van der Waals surface area contributed by atoms with Gasteiger partial charge in [-0.3, -0.25) is 23.7 Å². The van der Waals surface area contributed by atoms with E-state index in [4.69, 9.17) is 4.74 Å². The summed E-state index contributed by atoms with van der Waals surface area (Å²) in [7, 11) is 1.52. The van der Waals surface area contributed by atoms with Gasteiger partial charge >= 0.3 is 11.0 Å². The Balaban J connectivity index is 1.38. The highest BCUT2D eigenvalue weighted by molar-refractivity contribution is 8.00. The number of thioether (sulfide) groups is 1. The standard InChI is InChI=1S/C31H24F3N3O5S2/c1-16-6-10-20(11-7-16)37-27(39)24-23(17-8-12-21(42-2)13-9-17)26-29(43-25(24)28(37)40)36(30(41)44-26)15-22(38)35-19-5-3-4-18(14-19)31(32,33)34/h3-14,23-25H,15H2,1-2H3,(H,35,38). The minimum Gasteiger partial charge on any atom is -0.497 e. The van der Waals surface area contributed by atoms with Gasteiger partial charge in [-0.2, -0.15) is 13.2 Å². The summed E-state index contributed by atoms with van der Waals surface area (Å²) in [4.78, 5) is 55.3. The van der Waals surface area contributed by atoms with Crippen LogP contribution in [-0.4, -0.2) is 34.6 Å². The summed E-state index contributed by atoms with van der Waals surface area (Å²) in [6.45, 7) is 1.40. The summed E-state index contributed by atoms with van der Waals surface area (Å²) < 4.78 is 46.0. The molecule has 3 atom stereocenters. The Hall–Kier alpha value is -4.36. The maximum Gasteiger partial charge on any atom is 0.416 e. The van der Waals surface area contributed by atoms with Crippen molar-refractivity contribution in [3.8, 4) is 5.75 Å². The lowest BCUT2D eigenvalue weighted by Gasteiger charge is -2.30. The first kappa shape index (κ1) is 29.7. The number of hydrogen-bond acceptors (Lipinski definition) is 7. The molecule has 0 aliphatic carbocycles. The number of methoxy groups -OCH3 is 1. The van der Waals surface area contributed by atoms with Gasteiger partial charge in [-0.15, -0.1) is 0 Å². The number of aryl methyl sites for hydroxylation is 1. The van der Waals surface area contributed by atoms with E-state index in [-0.39, 0.29) is 5.69 Å². The zero-order valence-electron chi connectivity index (χ0n) is 23.3. The normalized spacial score (nSPS) is 19.5. The molecule has 3 unspecified atom stereocenters. The molecule has 44 heavy (non-hydrogen) atoms. The Morgan fingerprint density at radius 1 is 0.977 bits per heavy atom. The quantitative estimate of drug-likeness (QED) is 0.273. The molecule has 2 aliphatic heterocycles. The second kappa shape index (κ2) is 11.3. The number of nitrogens with one attached hydrogen (secondary N) is 1. The Morgan fingerprint density at radius 2 is 1.68 bits per heavy atom. The van der Waals surface area contributed by atoms with Crippen LogP contribution in [-0.2, 0) is 27.1 Å². The summed E-state index contributed by atoms with van der Waals surface area (Å²) in [5, 5.41) is 1.92. The number of alkyl halides is 3. The van der Waals surface area contributed by atoms with Crippen molar-refractivity contribution in [1.82, 2.24) is 4.57 Å². The Kier molecular flexibility index (Phi) is 7.62. The minimum atomic E-state index is -4.59. The number of carbonyl (C=O) groups is 3. The zero-order chi connectivity index (χ0) is 31.3. The van der Waals surface area contributed by atoms with Crippen molar-refractivity contribution >= 4 is 52.2 Å². The average Bonchev–Trinajstić information content (AvgIpc) is 3.43. The van der Waals surface area contributed by atoms with Crippen molar-refractivity contribution in [3.05, 3.63) is 104 Å². The van der Waals surface area contributed by atoms with E-state index in [1.165, 1.54) is 28.7 Å². The van der Waals surface area contributed by atoms with Gasteiger partial charge in [-0.1, -0.05) is 59.0 Å². The fourth-order valence-electron chi connectivity index (χ4n) is 5.49. The molecule has 1 N–H and O–H groups in total. The number of fused-ring (bicyclic) bond motifs is 2. The molecule has 0 spiro atoms. The molecule has 1 saturated heterocycles. The molecule has 3 heterocycles. The Bertz CT molecular complexity index is 1830. The van der Waals surface area contributed by atoms with Crippen LogP contribution in [0.3, 0.4) is 0 Å². The predicted molar refractivity (Wildman–Crippen MR) is 160 cm³/mol.